The van der Waals surface area contributed by atoms with E-state index in [0.29, 0.717) is 11.3 Å². The third kappa shape index (κ3) is 4.02. The van der Waals surface area contributed by atoms with Gasteiger partial charge in [-0.25, -0.2) is 4.39 Å². The number of rotatable bonds is 6. The molecule has 0 aliphatic rings. The van der Waals surface area contributed by atoms with Gasteiger partial charge in [0.25, 0.3) is 0 Å². The second-order valence-electron chi connectivity index (χ2n) is 4.35. The number of halogens is 1. The molecule has 0 aliphatic heterocycles. The summed E-state index contributed by atoms with van der Waals surface area (Å²) in [5.74, 6) is -0.326. The van der Waals surface area contributed by atoms with Crippen LogP contribution in [0.25, 0.3) is 0 Å². The van der Waals surface area contributed by atoms with Gasteiger partial charge in [0.2, 0.25) is 5.91 Å². The highest BCUT2D eigenvalue weighted by Gasteiger charge is 2.09. The van der Waals surface area contributed by atoms with E-state index >= 15 is 0 Å². The summed E-state index contributed by atoms with van der Waals surface area (Å²) in [5, 5.41) is 5.88. The molecule has 18 heavy (non-hydrogen) atoms. The Labute approximate surface area is 108 Å². The Balaban J connectivity index is 2.50. The molecule has 0 aliphatic carbocycles. The number of anilines is 1. The maximum atomic E-state index is 13.3. The number of nitrogens with one attached hydrogen (secondary N) is 2. The van der Waals surface area contributed by atoms with Gasteiger partial charge in [0.05, 0.1) is 6.54 Å². The molecule has 0 bridgehead atoms. The van der Waals surface area contributed by atoms with Crippen LogP contribution in [0.3, 0.4) is 0 Å². The SMILES string of the molecule is CCC(CC)NC(=O)CNc1cccc(F)c1C. The average molecular weight is 252 g/mol. The first kappa shape index (κ1) is 14.5. The van der Waals surface area contributed by atoms with Crippen LogP contribution in [0.4, 0.5) is 10.1 Å². The molecule has 0 spiro atoms. The highest BCUT2D eigenvalue weighted by atomic mass is 19.1. The molecular formula is C14H21FN2O. The van der Waals surface area contributed by atoms with Gasteiger partial charge in [-0.1, -0.05) is 19.9 Å². The third-order valence-electron chi connectivity index (χ3n) is 3.06. The molecule has 1 rings (SSSR count). The zero-order valence-electron chi connectivity index (χ0n) is 11.2. The fraction of sp³-hybridized carbons (Fsp3) is 0.500. The van der Waals surface area contributed by atoms with Crippen molar-refractivity contribution in [2.24, 2.45) is 0 Å². The lowest BCUT2D eigenvalue weighted by Gasteiger charge is -2.16. The van der Waals surface area contributed by atoms with Gasteiger partial charge in [-0.15, -0.1) is 0 Å². The summed E-state index contributed by atoms with van der Waals surface area (Å²) < 4.78 is 13.3. The summed E-state index contributed by atoms with van der Waals surface area (Å²) >= 11 is 0. The van der Waals surface area contributed by atoms with E-state index in [9.17, 15) is 9.18 Å². The largest absolute Gasteiger partial charge is 0.376 e. The minimum atomic E-state index is -0.264. The van der Waals surface area contributed by atoms with Gasteiger partial charge in [-0.3, -0.25) is 4.79 Å². The Morgan fingerprint density at radius 2 is 2.00 bits per heavy atom. The van der Waals surface area contributed by atoms with Crippen LogP contribution in [-0.4, -0.2) is 18.5 Å². The molecule has 100 valence electrons. The molecule has 0 heterocycles. The van der Waals surface area contributed by atoms with Crippen LogP contribution in [-0.2, 0) is 4.79 Å². The summed E-state index contributed by atoms with van der Waals surface area (Å²) in [4.78, 5) is 11.7. The predicted octanol–water partition coefficient (Wildman–Crippen LogP) is 2.85. The van der Waals surface area contributed by atoms with Gasteiger partial charge in [0.1, 0.15) is 5.82 Å². The topological polar surface area (TPSA) is 41.1 Å². The van der Waals surface area contributed by atoms with Gasteiger partial charge < -0.3 is 10.6 Å². The van der Waals surface area contributed by atoms with Crippen molar-refractivity contribution in [3.05, 3.63) is 29.6 Å². The number of hydrogen-bond donors (Lipinski definition) is 2. The fourth-order valence-electron chi connectivity index (χ4n) is 1.75. The Morgan fingerprint density at radius 3 is 2.61 bits per heavy atom. The zero-order valence-corrected chi connectivity index (χ0v) is 11.2. The molecule has 0 radical (unpaired) electrons. The van der Waals surface area contributed by atoms with Crippen molar-refractivity contribution in [2.45, 2.75) is 39.7 Å². The van der Waals surface area contributed by atoms with Crippen LogP contribution >= 0.6 is 0 Å². The van der Waals surface area contributed by atoms with Gasteiger partial charge in [0.15, 0.2) is 0 Å². The molecule has 4 heteroatoms. The fourth-order valence-corrected chi connectivity index (χ4v) is 1.75. The summed E-state index contributed by atoms with van der Waals surface area (Å²) in [6, 6.07) is 5.02. The average Bonchev–Trinajstić information content (AvgIpc) is 2.37. The van der Waals surface area contributed by atoms with E-state index in [-0.39, 0.29) is 24.3 Å². The monoisotopic (exact) mass is 252 g/mol. The maximum absolute atomic E-state index is 13.3. The van der Waals surface area contributed by atoms with E-state index in [4.69, 9.17) is 0 Å². The highest BCUT2D eigenvalue weighted by Crippen LogP contribution is 2.16. The van der Waals surface area contributed by atoms with Crippen LogP contribution in [0.1, 0.15) is 32.3 Å². The Kier molecular flexibility index (Phi) is 5.62. The van der Waals surface area contributed by atoms with E-state index in [1.807, 2.05) is 13.8 Å². The van der Waals surface area contributed by atoms with Crippen molar-refractivity contribution in [3.8, 4) is 0 Å². The number of hydrogen-bond acceptors (Lipinski definition) is 2. The zero-order chi connectivity index (χ0) is 13.5. The van der Waals surface area contributed by atoms with Crippen LogP contribution in [0.5, 0.6) is 0 Å². The first-order valence-electron chi connectivity index (χ1n) is 6.36. The van der Waals surface area contributed by atoms with E-state index < -0.39 is 0 Å². The van der Waals surface area contributed by atoms with E-state index in [1.165, 1.54) is 6.07 Å². The molecule has 1 amide bonds. The molecule has 3 nitrogen and oxygen atoms in total. The first-order valence-corrected chi connectivity index (χ1v) is 6.36. The van der Waals surface area contributed by atoms with E-state index in [0.717, 1.165) is 12.8 Å². The van der Waals surface area contributed by atoms with Crippen LogP contribution < -0.4 is 10.6 Å². The summed E-state index contributed by atoms with van der Waals surface area (Å²) in [6.45, 7) is 5.94. The van der Waals surface area contributed by atoms with Crippen molar-refractivity contribution in [3.63, 3.8) is 0 Å². The molecule has 2 N–H and O–H groups in total. The molecule has 0 unspecified atom stereocenters. The molecule has 1 aromatic rings. The molecule has 0 saturated carbocycles. The Morgan fingerprint density at radius 1 is 1.33 bits per heavy atom. The number of carbonyl (C=O) groups is 1. The van der Waals surface area contributed by atoms with Crippen molar-refractivity contribution in [1.29, 1.82) is 0 Å². The van der Waals surface area contributed by atoms with Gasteiger partial charge >= 0.3 is 0 Å². The Bertz CT molecular complexity index is 403. The second kappa shape index (κ2) is 6.99. The van der Waals surface area contributed by atoms with Gasteiger partial charge in [0, 0.05) is 17.3 Å². The van der Waals surface area contributed by atoms with Crippen molar-refractivity contribution >= 4 is 11.6 Å². The molecule has 0 aromatic heterocycles. The quantitative estimate of drug-likeness (QED) is 0.817. The number of amides is 1. The smallest absolute Gasteiger partial charge is 0.239 e. The van der Waals surface area contributed by atoms with Gasteiger partial charge in [-0.05, 0) is 31.9 Å². The number of benzene rings is 1. The standard InChI is InChI=1S/C14H21FN2O/c1-4-11(5-2)17-14(18)9-16-13-8-6-7-12(15)10(13)3/h6-8,11,16H,4-5,9H2,1-3H3,(H,17,18). The van der Waals surface area contributed by atoms with Crippen LogP contribution in [0.2, 0.25) is 0 Å². The number of carbonyl (C=O) groups excluding carboxylic acids is 1. The van der Waals surface area contributed by atoms with Crippen molar-refractivity contribution < 1.29 is 9.18 Å². The summed E-state index contributed by atoms with van der Waals surface area (Å²) in [6.07, 6.45) is 1.84. The molecular weight excluding hydrogens is 231 g/mol. The molecule has 0 fully saturated rings. The molecule has 1 aromatic carbocycles. The van der Waals surface area contributed by atoms with Crippen molar-refractivity contribution in [2.75, 3.05) is 11.9 Å². The summed E-state index contributed by atoms with van der Waals surface area (Å²) in [5.41, 5.74) is 1.20. The van der Waals surface area contributed by atoms with Crippen molar-refractivity contribution in [1.82, 2.24) is 5.32 Å². The Hall–Kier alpha value is -1.58. The second-order valence-corrected chi connectivity index (χ2v) is 4.35. The maximum Gasteiger partial charge on any atom is 0.239 e. The van der Waals surface area contributed by atoms with Crippen LogP contribution in [0.15, 0.2) is 18.2 Å². The summed E-state index contributed by atoms with van der Waals surface area (Å²) in [7, 11) is 0. The lowest BCUT2D eigenvalue weighted by atomic mass is 10.1. The highest BCUT2D eigenvalue weighted by molar-refractivity contribution is 5.81. The minimum absolute atomic E-state index is 0.0626. The van der Waals surface area contributed by atoms with E-state index in [1.54, 1.807) is 19.1 Å². The third-order valence-corrected chi connectivity index (χ3v) is 3.06. The minimum Gasteiger partial charge on any atom is -0.376 e. The first-order chi connectivity index (χ1) is 8.58. The molecule has 0 atom stereocenters. The lowest BCUT2D eigenvalue weighted by Crippen LogP contribution is -2.37. The predicted molar refractivity (Wildman–Crippen MR) is 72.1 cm³/mol. The lowest BCUT2D eigenvalue weighted by molar-refractivity contribution is -0.120. The molecule has 0 saturated heterocycles. The van der Waals surface area contributed by atoms with Crippen LogP contribution in [0, 0.1) is 12.7 Å². The normalized spacial score (nSPS) is 10.5. The van der Waals surface area contributed by atoms with E-state index in [2.05, 4.69) is 10.6 Å². The van der Waals surface area contributed by atoms with Gasteiger partial charge in [-0.2, -0.15) is 0 Å².